The van der Waals surface area contributed by atoms with E-state index >= 15 is 0 Å². The van der Waals surface area contributed by atoms with Crippen LogP contribution in [0.5, 0.6) is 0 Å². The molecule has 3 heteroatoms. The lowest BCUT2D eigenvalue weighted by molar-refractivity contribution is 0.205. The third-order valence-corrected chi connectivity index (χ3v) is 5.12. The minimum atomic E-state index is 0.325. The van der Waals surface area contributed by atoms with Crippen LogP contribution >= 0.6 is 0 Å². The van der Waals surface area contributed by atoms with E-state index in [0.717, 1.165) is 6.54 Å². The average Bonchev–Trinajstić information content (AvgIpc) is 3.02. The fourth-order valence-electron chi connectivity index (χ4n) is 3.75. The summed E-state index contributed by atoms with van der Waals surface area (Å²) in [6.07, 6.45) is 7.66. The molecule has 116 valence electrons. The summed E-state index contributed by atoms with van der Waals surface area (Å²) in [5.74, 6) is 0.456. The Morgan fingerprint density at radius 1 is 1.00 bits per heavy atom. The highest BCUT2D eigenvalue weighted by Crippen LogP contribution is 2.25. The molecule has 1 aromatic carbocycles. The van der Waals surface area contributed by atoms with Gasteiger partial charge in [0.15, 0.2) is 0 Å². The maximum atomic E-state index is 9.37. The molecule has 1 aliphatic heterocycles. The molecule has 0 aromatic heterocycles. The first kappa shape index (κ1) is 14.9. The highest BCUT2D eigenvalue weighted by Gasteiger charge is 2.25. The van der Waals surface area contributed by atoms with Crippen LogP contribution in [0.25, 0.3) is 0 Å². The van der Waals surface area contributed by atoms with Crippen LogP contribution in [0.3, 0.4) is 0 Å². The van der Waals surface area contributed by atoms with Crippen LogP contribution in [0.15, 0.2) is 24.3 Å². The van der Waals surface area contributed by atoms with Crippen LogP contribution in [0.2, 0.25) is 0 Å². The van der Waals surface area contributed by atoms with Crippen molar-refractivity contribution in [2.75, 3.05) is 24.6 Å². The van der Waals surface area contributed by atoms with E-state index in [4.69, 9.17) is 0 Å². The second-order valence-corrected chi connectivity index (χ2v) is 6.58. The van der Waals surface area contributed by atoms with Gasteiger partial charge in [-0.25, -0.2) is 0 Å². The molecule has 1 aliphatic carbocycles. The predicted octanol–water partition coefficient (Wildman–Crippen LogP) is 2.93. The molecule has 3 nitrogen and oxygen atoms in total. The quantitative estimate of drug-likeness (QED) is 0.874. The number of nitrogens with one attached hydrogen (secondary N) is 1. The number of aliphatic hydroxyl groups excluding tert-OH is 1. The van der Waals surface area contributed by atoms with Gasteiger partial charge in [0, 0.05) is 38.0 Å². The van der Waals surface area contributed by atoms with Crippen LogP contribution in [0.1, 0.15) is 44.1 Å². The first-order valence-corrected chi connectivity index (χ1v) is 8.55. The molecule has 3 rings (SSSR count). The van der Waals surface area contributed by atoms with E-state index in [0.29, 0.717) is 18.6 Å². The van der Waals surface area contributed by atoms with Crippen LogP contribution in [-0.2, 0) is 6.54 Å². The number of benzene rings is 1. The van der Waals surface area contributed by atoms with E-state index in [1.54, 1.807) is 0 Å². The molecule has 21 heavy (non-hydrogen) atoms. The Morgan fingerprint density at radius 2 is 1.76 bits per heavy atom. The molecule has 0 spiro atoms. The Kier molecular flexibility index (Phi) is 5.15. The van der Waals surface area contributed by atoms with Crippen molar-refractivity contribution in [2.45, 2.75) is 51.1 Å². The summed E-state index contributed by atoms with van der Waals surface area (Å²) >= 11 is 0. The van der Waals surface area contributed by atoms with Crippen molar-refractivity contribution in [3.05, 3.63) is 29.8 Å². The standard InChI is InChI=1S/C18H28N2O/c21-14-16-5-4-6-18(16)19-13-15-7-9-17(10-8-15)20-11-2-1-3-12-20/h7-10,16,18-19,21H,1-6,11-14H2. The Labute approximate surface area is 128 Å². The second-order valence-electron chi connectivity index (χ2n) is 6.58. The minimum Gasteiger partial charge on any atom is -0.396 e. The first-order valence-electron chi connectivity index (χ1n) is 8.55. The van der Waals surface area contributed by atoms with Gasteiger partial charge in [-0.15, -0.1) is 0 Å². The fraction of sp³-hybridized carbons (Fsp3) is 0.667. The van der Waals surface area contributed by atoms with Crippen molar-refractivity contribution in [3.8, 4) is 0 Å². The van der Waals surface area contributed by atoms with Gasteiger partial charge in [-0.2, -0.15) is 0 Å². The normalized spacial score (nSPS) is 26.2. The summed E-state index contributed by atoms with van der Waals surface area (Å²) in [6.45, 7) is 3.66. The Balaban J connectivity index is 1.52. The lowest BCUT2D eigenvalue weighted by atomic mass is 10.0. The summed E-state index contributed by atoms with van der Waals surface area (Å²) in [4.78, 5) is 2.50. The number of anilines is 1. The summed E-state index contributed by atoms with van der Waals surface area (Å²) in [5, 5.41) is 13.0. The molecule has 1 aromatic rings. The van der Waals surface area contributed by atoms with Gasteiger partial charge in [-0.05, 0) is 55.7 Å². The van der Waals surface area contributed by atoms with Crippen molar-refractivity contribution < 1.29 is 5.11 Å². The maximum Gasteiger partial charge on any atom is 0.0474 e. The summed E-state index contributed by atoms with van der Waals surface area (Å²) in [7, 11) is 0. The lowest BCUT2D eigenvalue weighted by Crippen LogP contribution is -2.33. The molecule has 1 saturated heterocycles. The molecule has 2 N–H and O–H groups in total. The SMILES string of the molecule is OCC1CCCC1NCc1ccc(N2CCCCC2)cc1. The minimum absolute atomic E-state index is 0.325. The van der Waals surface area contributed by atoms with E-state index in [1.165, 1.54) is 62.9 Å². The molecular weight excluding hydrogens is 260 g/mol. The van der Waals surface area contributed by atoms with Crippen LogP contribution in [0, 0.1) is 5.92 Å². The van der Waals surface area contributed by atoms with E-state index < -0.39 is 0 Å². The van der Waals surface area contributed by atoms with E-state index in [-0.39, 0.29) is 0 Å². The molecular formula is C18H28N2O. The number of hydrogen-bond acceptors (Lipinski definition) is 3. The summed E-state index contributed by atoms with van der Waals surface area (Å²) in [6, 6.07) is 9.53. The fourth-order valence-corrected chi connectivity index (χ4v) is 3.75. The highest BCUT2D eigenvalue weighted by atomic mass is 16.3. The maximum absolute atomic E-state index is 9.37. The highest BCUT2D eigenvalue weighted by molar-refractivity contribution is 5.47. The van der Waals surface area contributed by atoms with Crippen molar-refractivity contribution in [1.82, 2.24) is 5.32 Å². The molecule has 0 radical (unpaired) electrons. The van der Waals surface area contributed by atoms with E-state index in [1.807, 2.05) is 0 Å². The summed E-state index contributed by atoms with van der Waals surface area (Å²) < 4.78 is 0. The Hall–Kier alpha value is -1.06. The first-order chi connectivity index (χ1) is 10.4. The number of piperidine rings is 1. The van der Waals surface area contributed by atoms with Gasteiger partial charge in [-0.3, -0.25) is 0 Å². The van der Waals surface area contributed by atoms with Crippen LogP contribution in [-0.4, -0.2) is 30.8 Å². The third-order valence-electron chi connectivity index (χ3n) is 5.12. The average molecular weight is 288 g/mol. The van der Waals surface area contributed by atoms with E-state index in [9.17, 15) is 5.11 Å². The van der Waals surface area contributed by atoms with Crippen molar-refractivity contribution in [3.63, 3.8) is 0 Å². The monoisotopic (exact) mass is 288 g/mol. The molecule has 2 fully saturated rings. The van der Waals surface area contributed by atoms with Gasteiger partial charge < -0.3 is 15.3 Å². The Bertz CT molecular complexity index is 425. The van der Waals surface area contributed by atoms with Crippen molar-refractivity contribution >= 4 is 5.69 Å². The topological polar surface area (TPSA) is 35.5 Å². The smallest absolute Gasteiger partial charge is 0.0474 e. The van der Waals surface area contributed by atoms with Gasteiger partial charge in [0.1, 0.15) is 0 Å². The molecule has 2 aliphatic rings. The molecule has 1 heterocycles. The predicted molar refractivity (Wildman–Crippen MR) is 87.6 cm³/mol. The number of hydrogen-bond donors (Lipinski definition) is 2. The molecule has 1 saturated carbocycles. The molecule has 2 unspecified atom stereocenters. The van der Waals surface area contributed by atoms with Gasteiger partial charge in [-0.1, -0.05) is 18.6 Å². The van der Waals surface area contributed by atoms with Gasteiger partial charge in [0.25, 0.3) is 0 Å². The number of aliphatic hydroxyl groups is 1. The van der Waals surface area contributed by atoms with Gasteiger partial charge >= 0.3 is 0 Å². The zero-order chi connectivity index (χ0) is 14.5. The molecule has 0 bridgehead atoms. The van der Waals surface area contributed by atoms with Crippen LogP contribution in [0.4, 0.5) is 5.69 Å². The van der Waals surface area contributed by atoms with E-state index in [2.05, 4.69) is 34.5 Å². The summed E-state index contributed by atoms with van der Waals surface area (Å²) in [5.41, 5.74) is 2.71. The van der Waals surface area contributed by atoms with Gasteiger partial charge in [0.05, 0.1) is 0 Å². The zero-order valence-corrected chi connectivity index (χ0v) is 12.9. The lowest BCUT2D eigenvalue weighted by Gasteiger charge is -2.29. The molecule has 2 atom stereocenters. The van der Waals surface area contributed by atoms with Crippen molar-refractivity contribution in [1.29, 1.82) is 0 Å². The Morgan fingerprint density at radius 3 is 2.48 bits per heavy atom. The van der Waals surface area contributed by atoms with Crippen molar-refractivity contribution in [2.24, 2.45) is 5.92 Å². The second kappa shape index (κ2) is 7.28. The largest absolute Gasteiger partial charge is 0.396 e. The van der Waals surface area contributed by atoms with Crippen LogP contribution < -0.4 is 10.2 Å². The third kappa shape index (κ3) is 3.78. The number of rotatable bonds is 5. The zero-order valence-electron chi connectivity index (χ0n) is 12.9. The van der Waals surface area contributed by atoms with Gasteiger partial charge in [0.2, 0.25) is 0 Å². The molecule has 0 amide bonds. The number of nitrogens with zero attached hydrogens (tertiary/aromatic N) is 1.